The topological polar surface area (TPSA) is 39.0 Å². The van der Waals surface area contributed by atoms with Crippen LogP contribution < -0.4 is 5.32 Å². The largest absolute Gasteiger partial charge is 0.304 e. The van der Waals surface area contributed by atoms with Crippen molar-refractivity contribution in [3.63, 3.8) is 0 Å². The second kappa shape index (κ2) is 9.08. The number of carbonyl (C=O) groups excluding carboxylic acids is 1. The first kappa shape index (κ1) is 21.3. The molecular formula is C27H32ClNO. The summed E-state index contributed by atoms with van der Waals surface area (Å²) >= 11 is 6.88. The molecule has 2 nitrogen and oxygen atoms in total. The van der Waals surface area contributed by atoms with Gasteiger partial charge in [-0.15, -0.1) is 0 Å². The molecule has 4 rings (SSSR count). The Morgan fingerprint density at radius 3 is 2.70 bits per heavy atom. The number of hydrogen-bond acceptors (Lipinski definition) is 2. The van der Waals surface area contributed by atoms with Gasteiger partial charge in [0.25, 0.3) is 0 Å². The van der Waals surface area contributed by atoms with Gasteiger partial charge < -0.3 is 5.32 Å². The van der Waals surface area contributed by atoms with Crippen LogP contribution in [0.3, 0.4) is 0 Å². The quantitative estimate of drug-likeness (QED) is 0.496. The van der Waals surface area contributed by atoms with Gasteiger partial charge in [-0.1, -0.05) is 66.6 Å². The zero-order valence-electron chi connectivity index (χ0n) is 18.3. The van der Waals surface area contributed by atoms with Crippen molar-refractivity contribution < 1.29 is 4.79 Å². The van der Waals surface area contributed by atoms with Crippen LogP contribution in [0.25, 0.3) is 0 Å². The van der Waals surface area contributed by atoms with E-state index in [2.05, 4.69) is 61.6 Å². The fraction of sp³-hybridized carbons (Fsp3) is 0.444. The number of rotatable bonds is 7. The number of hydrogen-bond donors (Lipinski definition) is 1. The molecule has 0 radical (unpaired) electrons. The van der Waals surface area contributed by atoms with E-state index in [1.165, 1.54) is 27.8 Å². The fourth-order valence-corrected chi connectivity index (χ4v) is 5.25. The van der Waals surface area contributed by atoms with Crippen LogP contribution >= 0.6 is 11.6 Å². The van der Waals surface area contributed by atoms with Crippen LogP contribution in [-0.4, -0.2) is 11.8 Å². The summed E-state index contributed by atoms with van der Waals surface area (Å²) in [5.74, 6) is 0.721. The van der Waals surface area contributed by atoms with Gasteiger partial charge in [-0.05, 0) is 79.7 Å². The fourth-order valence-electron chi connectivity index (χ4n) is 4.86. The van der Waals surface area contributed by atoms with Crippen LogP contribution in [0.4, 0.5) is 0 Å². The molecule has 3 heteroatoms. The van der Waals surface area contributed by atoms with E-state index in [1.807, 2.05) is 6.92 Å². The van der Waals surface area contributed by atoms with Crippen LogP contribution in [0, 0.1) is 6.92 Å². The predicted molar refractivity (Wildman–Crippen MR) is 125 cm³/mol. The van der Waals surface area contributed by atoms with Crippen LogP contribution in [0.2, 0.25) is 5.02 Å². The molecule has 158 valence electrons. The van der Waals surface area contributed by atoms with E-state index < -0.39 is 0 Å². The standard InChI is InChI=1S/C27H32ClNO/c1-17-8-4-5-11-23(17)27-24(29-27)16-21-10-6-12-22(26(21)28)18(2)14-15-20-9-7-13-25(30)19(20)3/h4-6,8,10-12,18,24,27,29H,7,9,13-16H2,1-3H3. The van der Waals surface area contributed by atoms with Crippen molar-refractivity contribution in [3.05, 3.63) is 80.9 Å². The lowest BCUT2D eigenvalue weighted by molar-refractivity contribution is -0.116. The lowest BCUT2D eigenvalue weighted by atomic mass is 9.85. The van der Waals surface area contributed by atoms with E-state index in [9.17, 15) is 4.79 Å². The Balaban J connectivity index is 1.41. The van der Waals surface area contributed by atoms with E-state index >= 15 is 0 Å². The summed E-state index contributed by atoms with van der Waals surface area (Å²) in [6, 6.07) is 16.0. The summed E-state index contributed by atoms with van der Waals surface area (Å²) in [7, 11) is 0. The van der Waals surface area contributed by atoms with Crippen molar-refractivity contribution in [2.24, 2.45) is 0 Å². The molecule has 0 aromatic heterocycles. The zero-order valence-corrected chi connectivity index (χ0v) is 19.1. The molecule has 0 bridgehead atoms. The highest BCUT2D eigenvalue weighted by atomic mass is 35.5. The van der Waals surface area contributed by atoms with Crippen molar-refractivity contribution in [2.75, 3.05) is 0 Å². The number of carbonyl (C=O) groups is 1. The Labute approximate surface area is 185 Å². The number of halogens is 1. The maximum atomic E-state index is 12.0. The van der Waals surface area contributed by atoms with Gasteiger partial charge in [-0.3, -0.25) is 4.79 Å². The molecule has 3 atom stereocenters. The second-order valence-corrected chi connectivity index (χ2v) is 9.45. The Morgan fingerprint density at radius 2 is 1.90 bits per heavy atom. The molecule has 1 aliphatic heterocycles. The molecule has 0 spiro atoms. The van der Waals surface area contributed by atoms with Crippen molar-refractivity contribution in [2.45, 2.75) is 77.3 Å². The maximum Gasteiger partial charge on any atom is 0.158 e. The van der Waals surface area contributed by atoms with E-state index in [-0.39, 0.29) is 0 Å². The Morgan fingerprint density at radius 1 is 1.10 bits per heavy atom. The molecule has 3 unspecified atom stereocenters. The van der Waals surface area contributed by atoms with E-state index in [1.54, 1.807) is 0 Å². The minimum Gasteiger partial charge on any atom is -0.304 e. The molecule has 2 aromatic carbocycles. The van der Waals surface area contributed by atoms with Crippen molar-refractivity contribution >= 4 is 17.4 Å². The number of benzene rings is 2. The molecule has 0 saturated carbocycles. The predicted octanol–water partition coefficient (Wildman–Crippen LogP) is 6.86. The number of aryl methyl sites for hydroxylation is 1. The Bertz CT molecular complexity index is 977. The van der Waals surface area contributed by atoms with Crippen LogP contribution in [0.5, 0.6) is 0 Å². The Hall–Kier alpha value is -1.90. The third-order valence-corrected chi connectivity index (χ3v) is 7.46. The molecule has 1 heterocycles. The highest BCUT2D eigenvalue weighted by Crippen LogP contribution is 2.38. The average molecular weight is 422 g/mol. The molecule has 1 N–H and O–H groups in total. The zero-order chi connectivity index (χ0) is 21.3. The first-order chi connectivity index (χ1) is 14.5. The number of nitrogens with one attached hydrogen (secondary N) is 1. The van der Waals surface area contributed by atoms with Gasteiger partial charge in [0, 0.05) is 23.5 Å². The number of ketones is 1. The first-order valence-corrected chi connectivity index (χ1v) is 11.6. The summed E-state index contributed by atoms with van der Waals surface area (Å²) in [5, 5.41) is 4.55. The lowest BCUT2D eigenvalue weighted by Gasteiger charge is -2.20. The van der Waals surface area contributed by atoms with Crippen molar-refractivity contribution in [3.8, 4) is 0 Å². The van der Waals surface area contributed by atoms with E-state index in [4.69, 9.17) is 11.6 Å². The van der Waals surface area contributed by atoms with Gasteiger partial charge in [0.05, 0.1) is 0 Å². The smallest absolute Gasteiger partial charge is 0.158 e. The van der Waals surface area contributed by atoms with Crippen LogP contribution in [0.15, 0.2) is 53.6 Å². The minimum atomic E-state index is 0.337. The van der Waals surface area contributed by atoms with Crippen molar-refractivity contribution in [1.29, 1.82) is 0 Å². The lowest BCUT2D eigenvalue weighted by Crippen LogP contribution is -2.10. The summed E-state index contributed by atoms with van der Waals surface area (Å²) in [6.45, 7) is 6.44. The van der Waals surface area contributed by atoms with Crippen LogP contribution in [-0.2, 0) is 11.2 Å². The average Bonchev–Trinajstić information content (AvgIpc) is 3.49. The molecule has 0 amide bonds. The second-order valence-electron chi connectivity index (χ2n) is 9.08. The molecule has 2 aliphatic rings. The highest BCUT2D eigenvalue weighted by molar-refractivity contribution is 6.32. The van der Waals surface area contributed by atoms with Gasteiger partial charge in [-0.25, -0.2) is 0 Å². The number of allylic oxidation sites excluding steroid dienone is 2. The third kappa shape index (κ3) is 4.55. The molecule has 2 aromatic rings. The van der Waals surface area contributed by atoms with Gasteiger partial charge >= 0.3 is 0 Å². The summed E-state index contributed by atoms with van der Waals surface area (Å²) in [4.78, 5) is 12.0. The van der Waals surface area contributed by atoms with E-state index in [0.29, 0.717) is 23.8 Å². The molecule has 1 fully saturated rings. The van der Waals surface area contributed by atoms with Gasteiger partial charge in [-0.2, -0.15) is 0 Å². The summed E-state index contributed by atoms with van der Waals surface area (Å²) in [6.07, 6.45) is 5.79. The molecule has 1 saturated heterocycles. The summed E-state index contributed by atoms with van der Waals surface area (Å²) in [5.41, 5.74) is 7.58. The van der Waals surface area contributed by atoms with Gasteiger partial charge in [0.1, 0.15) is 0 Å². The van der Waals surface area contributed by atoms with Crippen molar-refractivity contribution in [1.82, 2.24) is 5.32 Å². The molecular weight excluding hydrogens is 390 g/mol. The van der Waals surface area contributed by atoms with Gasteiger partial charge in [0.15, 0.2) is 5.78 Å². The van der Waals surface area contributed by atoms with E-state index in [0.717, 1.165) is 49.1 Å². The number of Topliss-reactive ketones (excluding diaryl/α,β-unsaturated/α-hetero) is 1. The third-order valence-electron chi connectivity index (χ3n) is 7.00. The first-order valence-electron chi connectivity index (χ1n) is 11.3. The molecule has 30 heavy (non-hydrogen) atoms. The summed E-state index contributed by atoms with van der Waals surface area (Å²) < 4.78 is 0. The maximum absolute atomic E-state index is 12.0. The van der Waals surface area contributed by atoms with Crippen LogP contribution in [0.1, 0.15) is 80.2 Å². The normalized spacial score (nSPS) is 22.3. The molecule has 1 aliphatic carbocycles. The monoisotopic (exact) mass is 421 g/mol. The van der Waals surface area contributed by atoms with Gasteiger partial charge in [0.2, 0.25) is 0 Å². The SMILES string of the molecule is CC1=C(CCC(C)c2cccc(CC3NC3c3ccccc3C)c2Cl)CCCC1=O. The highest BCUT2D eigenvalue weighted by Gasteiger charge is 2.38. The Kier molecular flexibility index (Phi) is 6.46. The minimum absolute atomic E-state index is 0.337.